The molecule has 1 aromatic rings. The Morgan fingerprint density at radius 2 is 1.72 bits per heavy atom. The van der Waals surface area contributed by atoms with Crippen LogP contribution in [-0.2, 0) is 10.0 Å². The van der Waals surface area contributed by atoms with E-state index in [0.29, 0.717) is 5.69 Å². The van der Waals surface area contributed by atoms with Crippen LogP contribution in [0.1, 0.15) is 25.7 Å². The third kappa shape index (κ3) is 5.03. The molecule has 0 amide bonds. The predicted octanol–water partition coefficient (Wildman–Crippen LogP) is 1.27. The zero-order valence-electron chi connectivity index (χ0n) is 10.4. The number of anilines is 1. The molecule has 0 radical (unpaired) electrons. The minimum Gasteiger partial charge on any atom is -0.384 e. The fourth-order valence-corrected chi connectivity index (χ4v) is 2.42. The van der Waals surface area contributed by atoms with Crippen LogP contribution in [0.15, 0.2) is 29.2 Å². The molecule has 0 atom stereocenters. The summed E-state index contributed by atoms with van der Waals surface area (Å²) in [6.45, 7) is 1.46. The third-order valence-corrected chi connectivity index (χ3v) is 3.61. The Morgan fingerprint density at radius 1 is 1.06 bits per heavy atom. The SMILES string of the molecule is NCCCCCCNc1ccccc1S(N)(=O)=O. The molecule has 102 valence electrons. The second kappa shape index (κ2) is 7.35. The summed E-state index contributed by atoms with van der Waals surface area (Å²) in [7, 11) is -3.66. The van der Waals surface area contributed by atoms with Crippen molar-refractivity contribution < 1.29 is 8.42 Å². The van der Waals surface area contributed by atoms with E-state index in [-0.39, 0.29) is 4.90 Å². The average molecular weight is 271 g/mol. The summed E-state index contributed by atoms with van der Waals surface area (Å²) in [5.74, 6) is 0. The van der Waals surface area contributed by atoms with Crippen molar-refractivity contribution in [3.05, 3.63) is 24.3 Å². The van der Waals surface area contributed by atoms with E-state index in [1.807, 2.05) is 0 Å². The number of hydrogen-bond acceptors (Lipinski definition) is 4. The van der Waals surface area contributed by atoms with Crippen LogP contribution < -0.4 is 16.2 Å². The van der Waals surface area contributed by atoms with Crippen LogP contribution in [0.3, 0.4) is 0 Å². The van der Waals surface area contributed by atoms with Crippen LogP contribution in [0.2, 0.25) is 0 Å². The van der Waals surface area contributed by atoms with Crippen molar-refractivity contribution in [2.75, 3.05) is 18.4 Å². The molecule has 0 spiro atoms. The Kier molecular flexibility index (Phi) is 6.11. The van der Waals surface area contributed by atoms with Crippen molar-refractivity contribution in [3.63, 3.8) is 0 Å². The lowest BCUT2D eigenvalue weighted by atomic mass is 10.2. The number of para-hydroxylation sites is 1. The highest BCUT2D eigenvalue weighted by Crippen LogP contribution is 2.19. The van der Waals surface area contributed by atoms with Crippen LogP contribution in [0, 0.1) is 0 Å². The van der Waals surface area contributed by atoms with Crippen LogP contribution in [0.5, 0.6) is 0 Å². The second-order valence-corrected chi connectivity index (χ2v) is 5.70. The summed E-state index contributed by atoms with van der Waals surface area (Å²) in [5.41, 5.74) is 5.97. The summed E-state index contributed by atoms with van der Waals surface area (Å²) >= 11 is 0. The summed E-state index contributed by atoms with van der Waals surface area (Å²) in [6.07, 6.45) is 4.21. The molecule has 5 N–H and O–H groups in total. The number of sulfonamides is 1. The van der Waals surface area contributed by atoms with E-state index >= 15 is 0 Å². The van der Waals surface area contributed by atoms with Gasteiger partial charge in [0.1, 0.15) is 4.90 Å². The summed E-state index contributed by atoms with van der Waals surface area (Å²) in [6, 6.07) is 6.67. The van der Waals surface area contributed by atoms with Gasteiger partial charge in [0, 0.05) is 6.54 Å². The average Bonchev–Trinajstić information content (AvgIpc) is 2.33. The highest BCUT2D eigenvalue weighted by atomic mass is 32.2. The molecule has 1 rings (SSSR count). The minimum atomic E-state index is -3.66. The predicted molar refractivity (Wildman–Crippen MR) is 73.8 cm³/mol. The first-order chi connectivity index (χ1) is 8.55. The van der Waals surface area contributed by atoms with Crippen LogP contribution in [0.4, 0.5) is 5.69 Å². The maximum Gasteiger partial charge on any atom is 0.240 e. The number of nitrogens with one attached hydrogen (secondary N) is 1. The Bertz CT molecular complexity index is 460. The number of benzene rings is 1. The number of hydrogen-bond donors (Lipinski definition) is 3. The molecule has 0 saturated heterocycles. The van der Waals surface area contributed by atoms with Crippen molar-refractivity contribution >= 4 is 15.7 Å². The van der Waals surface area contributed by atoms with Crippen molar-refractivity contribution in [3.8, 4) is 0 Å². The van der Waals surface area contributed by atoms with Gasteiger partial charge in [-0.2, -0.15) is 0 Å². The first kappa shape index (κ1) is 14.9. The molecule has 0 aliphatic rings. The standard InChI is InChI=1S/C12H21N3O2S/c13-9-5-1-2-6-10-15-11-7-3-4-8-12(11)18(14,16)17/h3-4,7-8,15H,1-2,5-6,9-10,13H2,(H2,14,16,17). The van der Waals surface area contributed by atoms with Crippen molar-refractivity contribution in [1.82, 2.24) is 0 Å². The summed E-state index contributed by atoms with van der Waals surface area (Å²) in [4.78, 5) is 0.145. The number of primary sulfonamides is 1. The van der Waals surface area contributed by atoms with E-state index in [0.717, 1.165) is 38.8 Å². The van der Waals surface area contributed by atoms with Gasteiger partial charge >= 0.3 is 0 Å². The molecular formula is C12H21N3O2S. The van der Waals surface area contributed by atoms with Crippen LogP contribution in [-0.4, -0.2) is 21.5 Å². The zero-order valence-corrected chi connectivity index (χ0v) is 11.2. The van der Waals surface area contributed by atoms with Gasteiger partial charge < -0.3 is 11.1 Å². The zero-order chi connectivity index (χ0) is 13.4. The molecule has 0 heterocycles. The Hall–Kier alpha value is -1.11. The smallest absolute Gasteiger partial charge is 0.240 e. The van der Waals surface area contributed by atoms with E-state index in [2.05, 4.69) is 5.32 Å². The van der Waals surface area contributed by atoms with Gasteiger partial charge in [0.15, 0.2) is 0 Å². The first-order valence-electron chi connectivity index (χ1n) is 6.11. The number of rotatable bonds is 8. The van der Waals surface area contributed by atoms with Gasteiger partial charge in [0.2, 0.25) is 10.0 Å². The molecule has 0 aliphatic carbocycles. The molecule has 6 heteroatoms. The second-order valence-electron chi connectivity index (χ2n) is 4.17. The Morgan fingerprint density at radius 3 is 2.39 bits per heavy atom. The van der Waals surface area contributed by atoms with E-state index in [9.17, 15) is 8.42 Å². The molecule has 1 aromatic carbocycles. The molecule has 0 aromatic heterocycles. The van der Waals surface area contributed by atoms with E-state index < -0.39 is 10.0 Å². The molecule has 0 aliphatic heterocycles. The van der Waals surface area contributed by atoms with Crippen LogP contribution in [0.25, 0.3) is 0 Å². The molecular weight excluding hydrogens is 250 g/mol. The lowest BCUT2D eigenvalue weighted by molar-refractivity contribution is 0.598. The maximum absolute atomic E-state index is 11.4. The van der Waals surface area contributed by atoms with Gasteiger partial charge in [0.05, 0.1) is 5.69 Å². The highest BCUT2D eigenvalue weighted by molar-refractivity contribution is 7.89. The van der Waals surface area contributed by atoms with Gasteiger partial charge in [-0.3, -0.25) is 0 Å². The van der Waals surface area contributed by atoms with Crippen molar-refractivity contribution in [2.45, 2.75) is 30.6 Å². The van der Waals surface area contributed by atoms with Gasteiger partial charge in [-0.25, -0.2) is 13.6 Å². The van der Waals surface area contributed by atoms with Crippen molar-refractivity contribution in [1.29, 1.82) is 0 Å². The van der Waals surface area contributed by atoms with Gasteiger partial charge in [-0.1, -0.05) is 25.0 Å². The normalized spacial score (nSPS) is 11.4. The summed E-state index contributed by atoms with van der Waals surface area (Å²) in [5, 5.41) is 8.25. The van der Waals surface area contributed by atoms with E-state index in [4.69, 9.17) is 10.9 Å². The van der Waals surface area contributed by atoms with Gasteiger partial charge in [-0.05, 0) is 31.5 Å². The van der Waals surface area contributed by atoms with Gasteiger partial charge in [-0.15, -0.1) is 0 Å². The molecule has 5 nitrogen and oxygen atoms in total. The maximum atomic E-state index is 11.4. The largest absolute Gasteiger partial charge is 0.384 e. The van der Waals surface area contributed by atoms with Gasteiger partial charge in [0.25, 0.3) is 0 Å². The molecule has 18 heavy (non-hydrogen) atoms. The molecule has 0 saturated carbocycles. The monoisotopic (exact) mass is 271 g/mol. The number of unbranched alkanes of at least 4 members (excludes halogenated alkanes) is 3. The Labute approximate surface area is 109 Å². The minimum absolute atomic E-state index is 0.145. The molecule has 0 unspecified atom stereocenters. The first-order valence-corrected chi connectivity index (χ1v) is 7.66. The lowest BCUT2D eigenvalue weighted by Gasteiger charge is -2.10. The molecule has 0 bridgehead atoms. The third-order valence-electron chi connectivity index (χ3n) is 2.64. The van der Waals surface area contributed by atoms with Crippen molar-refractivity contribution in [2.24, 2.45) is 10.9 Å². The van der Waals surface area contributed by atoms with E-state index in [1.165, 1.54) is 6.07 Å². The summed E-state index contributed by atoms with van der Waals surface area (Å²) < 4.78 is 22.7. The fourth-order valence-electron chi connectivity index (χ4n) is 1.71. The Balaban J connectivity index is 2.48. The number of nitrogens with two attached hydrogens (primary N) is 2. The topological polar surface area (TPSA) is 98.2 Å². The van der Waals surface area contributed by atoms with Crippen LogP contribution >= 0.6 is 0 Å². The van der Waals surface area contributed by atoms with E-state index in [1.54, 1.807) is 18.2 Å². The lowest BCUT2D eigenvalue weighted by Crippen LogP contribution is -2.15. The molecule has 0 fully saturated rings. The fraction of sp³-hybridized carbons (Fsp3) is 0.500. The highest BCUT2D eigenvalue weighted by Gasteiger charge is 2.12. The quantitative estimate of drug-likeness (QED) is 0.620.